The number of carbonyl (C=O) groups excluding carboxylic acids is 2. The van der Waals surface area contributed by atoms with Crippen molar-refractivity contribution in [2.24, 2.45) is 23.2 Å². The minimum Gasteiger partial charge on any atom is -0.493 e. The molecule has 0 aromatic heterocycles. The molecule has 6 heteroatoms. The monoisotopic (exact) mass is 413 g/mol. The molecule has 1 aromatic rings. The number of cyclic esters (lactones) is 1. The Kier molecular flexibility index (Phi) is 4.16. The lowest BCUT2D eigenvalue weighted by Crippen LogP contribution is -2.48. The summed E-state index contributed by atoms with van der Waals surface area (Å²) in [5.74, 6) is 2.20. The van der Waals surface area contributed by atoms with E-state index in [0.29, 0.717) is 18.3 Å². The molecule has 160 valence electrons. The van der Waals surface area contributed by atoms with E-state index in [1.54, 1.807) is 6.07 Å². The molecule has 5 nitrogen and oxygen atoms in total. The van der Waals surface area contributed by atoms with E-state index < -0.39 is 17.8 Å². The van der Waals surface area contributed by atoms with Crippen LogP contribution in [0.25, 0.3) is 0 Å². The lowest BCUT2D eigenvalue weighted by atomic mass is 9.50. The van der Waals surface area contributed by atoms with Gasteiger partial charge in [-0.25, -0.2) is 14.1 Å². The lowest BCUT2D eigenvalue weighted by Gasteiger charge is -2.56. The van der Waals surface area contributed by atoms with E-state index in [1.165, 1.54) is 44.6 Å². The van der Waals surface area contributed by atoms with Gasteiger partial charge in [0.15, 0.2) is 0 Å². The number of ether oxygens (including phenoxy) is 2. The van der Waals surface area contributed by atoms with Gasteiger partial charge >= 0.3 is 6.09 Å². The second kappa shape index (κ2) is 6.69. The molecule has 6 aliphatic rings. The maximum absolute atomic E-state index is 15.0. The predicted octanol–water partition coefficient (Wildman–Crippen LogP) is 4.89. The third-order valence-electron chi connectivity index (χ3n) is 8.05. The minimum atomic E-state index is -0.700. The molecule has 30 heavy (non-hydrogen) atoms. The Balaban J connectivity index is 1.25. The molecule has 2 amide bonds. The van der Waals surface area contributed by atoms with Crippen molar-refractivity contribution in [3.8, 4) is 5.75 Å². The van der Waals surface area contributed by atoms with Gasteiger partial charge in [0.05, 0.1) is 18.7 Å². The smallest absolute Gasteiger partial charge is 0.416 e. The van der Waals surface area contributed by atoms with Crippen molar-refractivity contribution in [2.75, 3.05) is 19.8 Å². The summed E-state index contributed by atoms with van der Waals surface area (Å²) in [6, 6.07) is 3.00. The summed E-state index contributed by atoms with van der Waals surface area (Å²) in [5.41, 5.74) is 1.11. The maximum Gasteiger partial charge on any atom is 0.416 e. The summed E-state index contributed by atoms with van der Waals surface area (Å²) in [4.78, 5) is 25.4. The van der Waals surface area contributed by atoms with E-state index in [2.05, 4.69) is 0 Å². The van der Waals surface area contributed by atoms with Crippen LogP contribution in [0.5, 0.6) is 5.75 Å². The van der Waals surface area contributed by atoms with Crippen molar-refractivity contribution in [3.05, 3.63) is 29.1 Å². The zero-order chi connectivity index (χ0) is 20.5. The molecule has 6 fully saturated rings. The van der Waals surface area contributed by atoms with Gasteiger partial charge in [-0.05, 0) is 86.7 Å². The number of hydrogen-bond donors (Lipinski definition) is 0. The van der Waals surface area contributed by atoms with Crippen LogP contribution in [-0.4, -0.2) is 36.7 Å². The Morgan fingerprint density at radius 3 is 2.37 bits per heavy atom. The predicted molar refractivity (Wildman–Crippen MR) is 107 cm³/mol. The number of carbonyl (C=O) groups is 2. The van der Waals surface area contributed by atoms with Crippen molar-refractivity contribution in [1.29, 1.82) is 0 Å². The van der Waals surface area contributed by atoms with E-state index >= 15 is 0 Å². The van der Waals surface area contributed by atoms with Gasteiger partial charge in [-0.3, -0.25) is 4.79 Å². The van der Waals surface area contributed by atoms with Gasteiger partial charge in [-0.1, -0.05) is 0 Å². The number of amides is 2. The Morgan fingerprint density at radius 2 is 1.80 bits per heavy atom. The molecule has 0 spiro atoms. The normalized spacial score (nSPS) is 34.4. The number of rotatable bonds is 5. The fourth-order valence-corrected chi connectivity index (χ4v) is 6.99. The van der Waals surface area contributed by atoms with E-state index in [4.69, 9.17) is 9.47 Å². The second-order valence-corrected chi connectivity index (χ2v) is 10.4. The summed E-state index contributed by atoms with van der Waals surface area (Å²) in [5, 5.41) is 0. The highest BCUT2D eigenvalue weighted by Crippen LogP contribution is 2.60. The first-order valence-corrected chi connectivity index (χ1v) is 11.4. The standard InChI is InChI=1S/C24H28FNO4/c25-20-9-21(30-13-24-10-14-5-15(11-24)7-16(6-14)12-24)18(17-1-2-17)8-19(20)22(27)26-3-4-29-23(26)28/h8-9,14-17H,1-7,10-13H2. The molecule has 5 saturated carbocycles. The van der Waals surface area contributed by atoms with Gasteiger partial charge in [-0.15, -0.1) is 0 Å². The summed E-state index contributed by atoms with van der Waals surface area (Å²) in [6.07, 6.45) is 9.24. The zero-order valence-electron chi connectivity index (χ0n) is 17.2. The van der Waals surface area contributed by atoms with Crippen LogP contribution in [0.4, 0.5) is 9.18 Å². The number of benzene rings is 1. The van der Waals surface area contributed by atoms with Crippen LogP contribution in [0.2, 0.25) is 0 Å². The highest BCUT2D eigenvalue weighted by Gasteiger charge is 2.51. The zero-order valence-corrected chi connectivity index (χ0v) is 17.2. The molecule has 7 rings (SSSR count). The topological polar surface area (TPSA) is 55.8 Å². The Bertz CT molecular complexity index is 873. The SMILES string of the molecule is O=C1OCCN1C(=O)c1cc(C2CC2)c(OCC23CC4CC(CC(C4)C2)C3)cc1F. The first-order chi connectivity index (χ1) is 14.5. The Labute approximate surface area is 175 Å². The largest absolute Gasteiger partial charge is 0.493 e. The summed E-state index contributed by atoms with van der Waals surface area (Å²) in [7, 11) is 0. The van der Waals surface area contributed by atoms with E-state index in [-0.39, 0.29) is 24.1 Å². The summed E-state index contributed by atoms with van der Waals surface area (Å²) >= 11 is 0. The fourth-order valence-electron chi connectivity index (χ4n) is 6.99. The van der Waals surface area contributed by atoms with Gasteiger partial charge in [0, 0.05) is 11.5 Å². The molecule has 0 atom stereocenters. The highest BCUT2D eigenvalue weighted by atomic mass is 19.1. The van der Waals surface area contributed by atoms with Crippen molar-refractivity contribution >= 4 is 12.0 Å². The molecule has 4 bridgehead atoms. The summed E-state index contributed by atoms with van der Waals surface area (Å²) in [6.45, 7) is 0.982. The van der Waals surface area contributed by atoms with Gasteiger partial charge < -0.3 is 9.47 Å². The van der Waals surface area contributed by atoms with Crippen LogP contribution in [0.15, 0.2) is 12.1 Å². The van der Waals surface area contributed by atoms with Crippen LogP contribution < -0.4 is 4.74 Å². The summed E-state index contributed by atoms with van der Waals surface area (Å²) < 4.78 is 26.1. The highest BCUT2D eigenvalue weighted by molar-refractivity contribution is 6.04. The number of halogens is 1. The van der Waals surface area contributed by atoms with Crippen molar-refractivity contribution < 1.29 is 23.5 Å². The molecular weight excluding hydrogens is 385 g/mol. The van der Waals surface area contributed by atoms with Gasteiger partial charge in [0.1, 0.15) is 18.2 Å². The van der Waals surface area contributed by atoms with E-state index in [1.807, 2.05) is 0 Å². The molecule has 5 aliphatic carbocycles. The van der Waals surface area contributed by atoms with Crippen LogP contribution in [0.1, 0.15) is 73.2 Å². The maximum atomic E-state index is 15.0. The lowest BCUT2D eigenvalue weighted by molar-refractivity contribution is -0.0747. The second-order valence-electron chi connectivity index (χ2n) is 10.4. The molecule has 0 unspecified atom stereocenters. The van der Waals surface area contributed by atoms with Gasteiger partial charge in [0.2, 0.25) is 0 Å². The first kappa shape index (κ1) is 18.6. The van der Waals surface area contributed by atoms with E-state index in [9.17, 15) is 14.0 Å². The molecule has 1 aliphatic heterocycles. The van der Waals surface area contributed by atoms with Crippen molar-refractivity contribution in [2.45, 2.75) is 57.3 Å². The number of hydrogen-bond acceptors (Lipinski definition) is 4. The van der Waals surface area contributed by atoms with Crippen molar-refractivity contribution in [1.82, 2.24) is 4.90 Å². The molecular formula is C24H28FNO4. The van der Waals surface area contributed by atoms with Crippen molar-refractivity contribution in [3.63, 3.8) is 0 Å². The van der Waals surface area contributed by atoms with Crippen LogP contribution in [-0.2, 0) is 4.74 Å². The molecule has 1 saturated heterocycles. The van der Waals surface area contributed by atoms with E-state index in [0.717, 1.165) is 41.1 Å². The molecule has 0 N–H and O–H groups in total. The third-order valence-corrected chi connectivity index (χ3v) is 8.05. The van der Waals surface area contributed by atoms with Crippen LogP contribution >= 0.6 is 0 Å². The molecule has 1 heterocycles. The third kappa shape index (κ3) is 3.10. The first-order valence-electron chi connectivity index (χ1n) is 11.4. The average Bonchev–Trinajstić information content (AvgIpc) is 3.45. The molecule has 1 aromatic carbocycles. The number of imide groups is 1. The van der Waals surface area contributed by atoms with Gasteiger partial charge in [-0.2, -0.15) is 0 Å². The number of nitrogens with zero attached hydrogens (tertiary/aromatic N) is 1. The average molecular weight is 413 g/mol. The van der Waals surface area contributed by atoms with Crippen LogP contribution in [0, 0.1) is 29.0 Å². The van der Waals surface area contributed by atoms with Gasteiger partial charge in [0.25, 0.3) is 5.91 Å². The van der Waals surface area contributed by atoms with Crippen LogP contribution in [0.3, 0.4) is 0 Å². The Morgan fingerprint density at radius 1 is 1.13 bits per heavy atom. The molecule has 0 radical (unpaired) electrons. The minimum absolute atomic E-state index is 0.0575. The fraction of sp³-hybridized carbons (Fsp3) is 0.667. The quantitative estimate of drug-likeness (QED) is 0.690. The Hall–Kier alpha value is -2.11.